The van der Waals surface area contributed by atoms with Crippen LogP contribution in [0.4, 0.5) is 11.4 Å². The summed E-state index contributed by atoms with van der Waals surface area (Å²) in [4.78, 5) is 28.7. The number of amides is 2. The van der Waals surface area contributed by atoms with Gasteiger partial charge in [0.05, 0.1) is 0 Å². The maximum Gasteiger partial charge on any atom is 0.253 e. The Morgan fingerprint density at radius 1 is 1.11 bits per heavy atom. The van der Waals surface area contributed by atoms with E-state index >= 15 is 0 Å². The lowest BCUT2D eigenvalue weighted by atomic mass is 10.1. The lowest BCUT2D eigenvalue weighted by Crippen LogP contribution is -2.28. The number of nitrogens with zero attached hydrogens (tertiary/aromatic N) is 2. The highest BCUT2D eigenvalue weighted by molar-refractivity contribution is 5.98. The van der Waals surface area contributed by atoms with Gasteiger partial charge in [-0.15, -0.1) is 0 Å². The van der Waals surface area contributed by atoms with E-state index in [-0.39, 0.29) is 11.8 Å². The van der Waals surface area contributed by atoms with Crippen molar-refractivity contribution >= 4 is 23.2 Å². The molecule has 0 spiro atoms. The third kappa shape index (κ3) is 4.89. The van der Waals surface area contributed by atoms with Crippen molar-refractivity contribution in [2.45, 2.75) is 25.5 Å². The second-order valence-electron chi connectivity index (χ2n) is 7.29. The molecule has 6 heteroatoms. The lowest BCUT2D eigenvalue weighted by Gasteiger charge is -2.19. The zero-order valence-electron chi connectivity index (χ0n) is 16.6. The zero-order valence-corrected chi connectivity index (χ0v) is 16.6. The first-order valence-electron chi connectivity index (χ1n) is 9.48. The standard InChI is InChI=1S/C22H27N3O3/c1-24(2)19-11-9-16(10-12-19)15-25(3)22(27)17-6-4-7-18(14-17)23-21(26)20-8-5-13-28-20/h4,6-7,9-12,14,20H,5,8,13,15H2,1-3H3,(H,23,26). The highest BCUT2D eigenvalue weighted by Gasteiger charge is 2.23. The average Bonchev–Trinajstić information content (AvgIpc) is 3.23. The van der Waals surface area contributed by atoms with Crippen molar-refractivity contribution in [1.29, 1.82) is 0 Å². The van der Waals surface area contributed by atoms with Crippen molar-refractivity contribution in [3.63, 3.8) is 0 Å². The molecule has 0 saturated carbocycles. The molecule has 1 atom stereocenters. The Kier molecular flexibility index (Phi) is 6.31. The molecule has 1 aliphatic rings. The second-order valence-corrected chi connectivity index (χ2v) is 7.29. The molecule has 1 N–H and O–H groups in total. The largest absolute Gasteiger partial charge is 0.378 e. The minimum atomic E-state index is -0.396. The molecule has 0 aromatic heterocycles. The van der Waals surface area contributed by atoms with E-state index in [1.54, 1.807) is 36.2 Å². The normalized spacial score (nSPS) is 15.9. The summed E-state index contributed by atoms with van der Waals surface area (Å²) < 4.78 is 5.40. The molecule has 0 radical (unpaired) electrons. The van der Waals surface area contributed by atoms with E-state index in [0.29, 0.717) is 24.4 Å². The van der Waals surface area contributed by atoms with E-state index in [1.807, 2.05) is 43.3 Å². The number of rotatable bonds is 6. The molecule has 0 aliphatic carbocycles. The molecule has 1 aliphatic heterocycles. The van der Waals surface area contributed by atoms with Gasteiger partial charge in [-0.2, -0.15) is 0 Å². The van der Waals surface area contributed by atoms with Crippen LogP contribution in [0.1, 0.15) is 28.8 Å². The van der Waals surface area contributed by atoms with Gasteiger partial charge >= 0.3 is 0 Å². The molecule has 3 rings (SSSR count). The van der Waals surface area contributed by atoms with Crippen LogP contribution in [0.2, 0.25) is 0 Å². The third-order valence-electron chi connectivity index (χ3n) is 4.82. The van der Waals surface area contributed by atoms with E-state index in [1.165, 1.54) is 0 Å². The molecule has 2 aromatic rings. The number of ether oxygens (including phenoxy) is 1. The second kappa shape index (κ2) is 8.89. The molecule has 6 nitrogen and oxygen atoms in total. The summed E-state index contributed by atoms with van der Waals surface area (Å²) in [5.74, 6) is -0.249. The van der Waals surface area contributed by atoms with Gasteiger partial charge in [0.25, 0.3) is 11.8 Å². The molecule has 1 fully saturated rings. The summed E-state index contributed by atoms with van der Waals surface area (Å²) >= 11 is 0. The summed E-state index contributed by atoms with van der Waals surface area (Å²) in [7, 11) is 5.77. The van der Waals surface area contributed by atoms with Crippen molar-refractivity contribution in [3.05, 3.63) is 59.7 Å². The van der Waals surface area contributed by atoms with Gasteiger partial charge in [-0.3, -0.25) is 9.59 Å². The molecule has 2 amide bonds. The Labute approximate surface area is 166 Å². The maximum atomic E-state index is 12.8. The molecule has 0 bridgehead atoms. The molecular formula is C22H27N3O3. The molecule has 148 valence electrons. The zero-order chi connectivity index (χ0) is 20.1. The van der Waals surface area contributed by atoms with E-state index < -0.39 is 6.10 Å². The summed E-state index contributed by atoms with van der Waals surface area (Å²) in [6, 6.07) is 15.1. The number of carbonyl (C=O) groups excluding carboxylic acids is 2. The fourth-order valence-corrected chi connectivity index (χ4v) is 3.20. The van der Waals surface area contributed by atoms with Crippen LogP contribution < -0.4 is 10.2 Å². The number of benzene rings is 2. The van der Waals surface area contributed by atoms with Crippen LogP contribution in [0, 0.1) is 0 Å². The quantitative estimate of drug-likeness (QED) is 0.835. The molecule has 2 aromatic carbocycles. The topological polar surface area (TPSA) is 61.9 Å². The van der Waals surface area contributed by atoms with E-state index in [0.717, 1.165) is 24.1 Å². The van der Waals surface area contributed by atoms with Gasteiger partial charge in [0.1, 0.15) is 6.10 Å². The van der Waals surface area contributed by atoms with Gasteiger partial charge in [0, 0.05) is 51.2 Å². The number of hydrogen-bond donors (Lipinski definition) is 1. The monoisotopic (exact) mass is 381 g/mol. The number of carbonyl (C=O) groups is 2. The molecule has 1 heterocycles. The van der Waals surface area contributed by atoms with Crippen LogP contribution >= 0.6 is 0 Å². The Morgan fingerprint density at radius 2 is 1.86 bits per heavy atom. The van der Waals surface area contributed by atoms with Crippen molar-refractivity contribution in [2.75, 3.05) is 38.0 Å². The first kappa shape index (κ1) is 19.9. The minimum absolute atomic E-state index is 0.0927. The smallest absolute Gasteiger partial charge is 0.253 e. The Bertz CT molecular complexity index is 827. The average molecular weight is 381 g/mol. The van der Waals surface area contributed by atoms with Crippen molar-refractivity contribution in [2.24, 2.45) is 0 Å². The van der Waals surface area contributed by atoms with E-state index in [4.69, 9.17) is 4.74 Å². The van der Waals surface area contributed by atoms with Crippen molar-refractivity contribution in [3.8, 4) is 0 Å². The minimum Gasteiger partial charge on any atom is -0.378 e. The Morgan fingerprint density at radius 3 is 2.50 bits per heavy atom. The summed E-state index contributed by atoms with van der Waals surface area (Å²) in [5.41, 5.74) is 3.32. The van der Waals surface area contributed by atoms with Gasteiger partial charge in [-0.05, 0) is 48.7 Å². The fourth-order valence-electron chi connectivity index (χ4n) is 3.20. The molecule has 1 saturated heterocycles. The van der Waals surface area contributed by atoms with Crippen molar-refractivity contribution < 1.29 is 14.3 Å². The van der Waals surface area contributed by atoms with Gasteiger partial charge in [-0.1, -0.05) is 18.2 Å². The molecular weight excluding hydrogens is 354 g/mol. The van der Waals surface area contributed by atoms with Crippen molar-refractivity contribution in [1.82, 2.24) is 4.90 Å². The van der Waals surface area contributed by atoms with Crippen LogP contribution in [0.3, 0.4) is 0 Å². The Balaban J connectivity index is 1.63. The van der Waals surface area contributed by atoms with Gasteiger partial charge in [0.2, 0.25) is 0 Å². The van der Waals surface area contributed by atoms with Gasteiger partial charge in [-0.25, -0.2) is 0 Å². The lowest BCUT2D eigenvalue weighted by molar-refractivity contribution is -0.124. The number of hydrogen-bond acceptors (Lipinski definition) is 4. The SMILES string of the molecule is CN(Cc1ccc(N(C)C)cc1)C(=O)c1cccc(NC(=O)C2CCCO2)c1. The number of nitrogens with one attached hydrogen (secondary N) is 1. The van der Waals surface area contributed by atoms with E-state index in [9.17, 15) is 9.59 Å². The van der Waals surface area contributed by atoms with Crippen LogP contribution in [-0.4, -0.2) is 50.6 Å². The predicted molar refractivity (Wildman–Crippen MR) is 111 cm³/mol. The van der Waals surface area contributed by atoms with Crippen LogP contribution in [0.25, 0.3) is 0 Å². The summed E-state index contributed by atoms with van der Waals surface area (Å²) in [6.07, 6.45) is 1.24. The Hall–Kier alpha value is -2.86. The molecule has 1 unspecified atom stereocenters. The summed E-state index contributed by atoms with van der Waals surface area (Å²) in [6.45, 7) is 1.13. The predicted octanol–water partition coefficient (Wildman–Crippen LogP) is 3.14. The maximum absolute atomic E-state index is 12.8. The fraction of sp³-hybridized carbons (Fsp3) is 0.364. The number of anilines is 2. The summed E-state index contributed by atoms with van der Waals surface area (Å²) in [5, 5.41) is 2.85. The van der Waals surface area contributed by atoms with Crippen LogP contribution in [-0.2, 0) is 16.1 Å². The van der Waals surface area contributed by atoms with Gasteiger partial charge in [0.15, 0.2) is 0 Å². The van der Waals surface area contributed by atoms with Gasteiger partial charge < -0.3 is 19.9 Å². The highest BCUT2D eigenvalue weighted by Crippen LogP contribution is 2.18. The van der Waals surface area contributed by atoms with Crippen LogP contribution in [0.5, 0.6) is 0 Å². The molecule has 28 heavy (non-hydrogen) atoms. The van der Waals surface area contributed by atoms with Crippen LogP contribution in [0.15, 0.2) is 48.5 Å². The first-order chi connectivity index (χ1) is 13.4. The third-order valence-corrected chi connectivity index (χ3v) is 4.82. The van der Waals surface area contributed by atoms with E-state index in [2.05, 4.69) is 5.32 Å². The highest BCUT2D eigenvalue weighted by atomic mass is 16.5. The first-order valence-corrected chi connectivity index (χ1v) is 9.48.